The molecule has 0 bridgehead atoms. The molecule has 0 spiro atoms. The van der Waals surface area contributed by atoms with Crippen LogP contribution in [0.5, 0.6) is 0 Å². The Morgan fingerprint density at radius 3 is 1.16 bits per heavy atom. The predicted octanol–water partition coefficient (Wildman–Crippen LogP) is 9.61. The van der Waals surface area contributed by atoms with Gasteiger partial charge >= 0.3 is 17.9 Å². The third kappa shape index (κ3) is 23.3. The lowest BCUT2D eigenvalue weighted by atomic mass is 10.0. The molecule has 6 aromatic carbocycles. The fourth-order valence-electron chi connectivity index (χ4n) is 6.45. The molecule has 7 rings (SSSR count). The Balaban J connectivity index is 0.000000388. The molecule has 506 valence electrons. The van der Waals surface area contributed by atoms with Crippen molar-refractivity contribution in [2.75, 3.05) is 28.2 Å². The van der Waals surface area contributed by atoms with E-state index >= 15 is 0 Å². The van der Waals surface area contributed by atoms with Crippen molar-refractivity contribution in [3.8, 4) is 12.1 Å². The lowest BCUT2D eigenvalue weighted by Gasteiger charge is -2.09. The summed E-state index contributed by atoms with van der Waals surface area (Å²) in [4.78, 5) is 40.3. The normalized spacial score (nSPS) is 11.1. The van der Waals surface area contributed by atoms with E-state index < -0.39 is 138 Å². The Kier molecular flexibility index (Phi) is 31.2. The van der Waals surface area contributed by atoms with Crippen LogP contribution in [-0.4, -0.2) is 109 Å². The van der Waals surface area contributed by atoms with E-state index in [1.165, 1.54) is 45.4 Å². The van der Waals surface area contributed by atoms with Crippen molar-refractivity contribution >= 4 is 153 Å². The predicted molar refractivity (Wildman–Crippen MR) is 331 cm³/mol. The van der Waals surface area contributed by atoms with Gasteiger partial charge < -0.3 is 25.5 Å². The first-order chi connectivity index (χ1) is 43.3. The molecule has 0 unspecified atom stereocenters. The van der Waals surface area contributed by atoms with Crippen LogP contribution in [0.2, 0.25) is 30.1 Å². The highest BCUT2D eigenvalue weighted by Gasteiger charge is 2.25. The van der Waals surface area contributed by atoms with E-state index in [1.54, 1.807) is 12.3 Å². The van der Waals surface area contributed by atoms with E-state index in [0.29, 0.717) is 48.2 Å². The zero-order valence-electron chi connectivity index (χ0n) is 47.2. The summed E-state index contributed by atoms with van der Waals surface area (Å²) in [5.41, 5.74) is 3.04. The van der Waals surface area contributed by atoms with Crippen LogP contribution in [0.15, 0.2) is 126 Å². The number of nitrogens with zero attached hydrogens (tertiary/aromatic N) is 2. The Hall–Kier alpha value is -7.27. The standard InChI is InChI=1S/C14H13ClN2O3S.C8H8ClFN2O3S.C8H6ClFN2O2S.C8H7ClFNO4S.C7H3Cl2FO4S.C7H4ClFO2/c1-17-21(18,19)14-8-11(9-16)10(7-13(14)15)4-5-12-3-2-6-20-12;1-12-16(14,15)7-2-4(8(11)13)6(10)3-5(7)9;1-12-15(13,14)8-2-5(4-11)7(10)3-6(8)9;1-11-16(14,15)7-2-4(8(12)13)6(10)3-5(7)9;8-4-2-5(10)3(7(11)12)1-6(4)15(9,13)14;8-4-1-2-5(7(10)11)6(9)3-4/h2-3,6-8,17H,4-5H2,1H3;2-3,12H,1H3,(H2,11,13);2-3,12H,1H3;2-3,11H,1H3,(H,12,13);1-2H,(H,11,12);1-3H,(H,10,11). The van der Waals surface area contributed by atoms with Crippen LogP contribution in [0.3, 0.4) is 0 Å². The number of benzene rings is 6. The van der Waals surface area contributed by atoms with Crippen molar-refractivity contribution in [1.82, 2.24) is 18.9 Å². The second kappa shape index (κ2) is 35.5. The molecule has 25 nitrogen and oxygen atoms in total. The van der Waals surface area contributed by atoms with Gasteiger partial charge in [0.1, 0.15) is 65.4 Å². The number of primary amides is 1. The third-order valence-electron chi connectivity index (χ3n) is 11.1. The molecule has 1 amide bonds. The van der Waals surface area contributed by atoms with Gasteiger partial charge in [-0.2, -0.15) is 10.5 Å². The SMILES string of the molecule is CNS(=O)(=O)c1cc(C#N)c(CCc2ccco2)cc1Cl.CNS(=O)(=O)c1cc(C#N)c(F)cc1Cl.CNS(=O)(=O)c1cc(C(=O)O)c(F)cc1Cl.CNS(=O)(=O)c1cc(C(N)=O)c(F)cc1Cl.O=C(O)c1cc(S(=O)(=O)Cl)c(Cl)cc1F.O=C(O)c1ccc(Cl)cc1F. The summed E-state index contributed by atoms with van der Waals surface area (Å²) in [7, 11) is -9.68. The van der Waals surface area contributed by atoms with E-state index in [-0.39, 0.29) is 46.0 Å². The topological polar surface area (TPSA) is 435 Å². The molecular formula is C52H41Cl7F5N7O18S5. The maximum Gasteiger partial charge on any atom is 0.338 e. The molecule has 0 saturated heterocycles. The van der Waals surface area contributed by atoms with Crippen LogP contribution < -0.4 is 24.6 Å². The Labute approximate surface area is 565 Å². The number of carboxylic acid groups (broad SMARTS) is 3. The number of carbonyl (C=O) groups excluding carboxylic acids is 1. The van der Waals surface area contributed by atoms with Crippen LogP contribution in [0, 0.1) is 51.7 Å². The molecule has 0 fully saturated rings. The molecule has 94 heavy (non-hydrogen) atoms. The molecule has 0 aliphatic rings. The molecule has 0 aliphatic carbocycles. The molecule has 0 saturated carbocycles. The minimum absolute atomic E-state index is 0.0926. The molecule has 1 aromatic heterocycles. The first-order valence-corrected chi connectivity index (χ1v) is 34.6. The van der Waals surface area contributed by atoms with Gasteiger partial charge in [0.2, 0.25) is 40.1 Å². The second-order valence-corrected chi connectivity index (χ2v) is 29.4. The van der Waals surface area contributed by atoms with Crippen molar-refractivity contribution in [2.24, 2.45) is 5.73 Å². The molecule has 42 heteroatoms. The lowest BCUT2D eigenvalue weighted by molar-refractivity contribution is 0.0680. The molecule has 0 atom stereocenters. The van der Waals surface area contributed by atoms with Gasteiger partial charge in [-0.15, -0.1) is 0 Å². The number of rotatable bonds is 16. The number of nitrogens with two attached hydrogens (primary N) is 1. The first kappa shape index (κ1) is 82.8. The highest BCUT2D eigenvalue weighted by molar-refractivity contribution is 8.13. The Bertz CT molecular complexity index is 4650. The van der Waals surface area contributed by atoms with Crippen LogP contribution in [0.4, 0.5) is 22.0 Å². The Morgan fingerprint density at radius 1 is 0.468 bits per heavy atom. The van der Waals surface area contributed by atoms with Crippen LogP contribution in [0.1, 0.15) is 63.9 Å². The fourth-order valence-corrected chi connectivity index (χ4v) is 13.2. The summed E-state index contributed by atoms with van der Waals surface area (Å²) in [5, 5.41) is 42.1. The molecule has 1 heterocycles. The van der Waals surface area contributed by atoms with Crippen LogP contribution in [-0.2, 0) is 62.0 Å². The minimum atomic E-state index is -4.20. The van der Waals surface area contributed by atoms with Crippen LogP contribution >= 0.6 is 80.3 Å². The van der Waals surface area contributed by atoms with Gasteiger partial charge in [-0.05, 0) is 131 Å². The van der Waals surface area contributed by atoms with Gasteiger partial charge in [-0.3, -0.25) is 4.79 Å². The third-order valence-corrected chi connectivity index (χ3v) is 20.6. The van der Waals surface area contributed by atoms with Gasteiger partial charge in [0.15, 0.2) is 0 Å². The molecular weight excluding hydrogens is 1510 g/mol. The summed E-state index contributed by atoms with van der Waals surface area (Å²) in [6.07, 6.45) is 2.72. The van der Waals surface area contributed by atoms with Crippen molar-refractivity contribution in [3.05, 3.63) is 201 Å². The number of nitriles is 2. The number of amides is 1. The zero-order valence-corrected chi connectivity index (χ0v) is 56.5. The smallest absolute Gasteiger partial charge is 0.338 e. The number of aromatic carboxylic acids is 3. The largest absolute Gasteiger partial charge is 0.478 e. The number of carbonyl (C=O) groups is 4. The molecule has 0 aliphatic heterocycles. The maximum absolute atomic E-state index is 13.2. The summed E-state index contributed by atoms with van der Waals surface area (Å²) >= 11 is 33.4. The van der Waals surface area contributed by atoms with Gasteiger partial charge in [-0.1, -0.05) is 69.6 Å². The average Bonchev–Trinajstić information content (AvgIpc) is 0.866. The second-order valence-electron chi connectivity index (χ2n) is 17.0. The number of hydrogen-bond donors (Lipinski definition) is 8. The van der Waals surface area contributed by atoms with Crippen molar-refractivity contribution in [1.29, 1.82) is 10.5 Å². The fraction of sp³-hybridized carbons (Fsp3) is 0.115. The molecule has 0 radical (unpaired) electrons. The number of carboxylic acids is 3. The van der Waals surface area contributed by atoms with Gasteiger partial charge in [0.05, 0.1) is 70.8 Å². The highest BCUT2D eigenvalue weighted by Crippen LogP contribution is 2.31. The van der Waals surface area contributed by atoms with E-state index in [4.69, 9.17) is 111 Å². The summed E-state index contributed by atoms with van der Waals surface area (Å²) in [6, 6.07) is 19.1. The quantitative estimate of drug-likeness (QED) is 0.0329. The minimum Gasteiger partial charge on any atom is -0.478 e. The molecule has 9 N–H and O–H groups in total. The van der Waals surface area contributed by atoms with Gasteiger partial charge in [-0.25, -0.2) is 97.3 Å². The van der Waals surface area contributed by atoms with Crippen molar-refractivity contribution < 1.29 is 103 Å². The summed E-state index contributed by atoms with van der Waals surface area (Å²) in [5.74, 6) is -9.59. The van der Waals surface area contributed by atoms with Crippen molar-refractivity contribution in [2.45, 2.75) is 37.3 Å². The summed E-state index contributed by atoms with van der Waals surface area (Å²) < 4.78 is 192. The van der Waals surface area contributed by atoms with Crippen LogP contribution in [0.25, 0.3) is 0 Å². The highest BCUT2D eigenvalue weighted by atomic mass is 35.7. The lowest BCUT2D eigenvalue weighted by Crippen LogP contribution is -2.21. The van der Waals surface area contributed by atoms with E-state index in [0.717, 1.165) is 49.2 Å². The monoisotopic (exact) mass is 1550 g/mol. The summed E-state index contributed by atoms with van der Waals surface area (Å²) in [6.45, 7) is 0. The van der Waals surface area contributed by atoms with E-state index in [9.17, 15) is 88.5 Å². The number of furan rings is 1. The number of aryl methyl sites for hydroxylation is 2. The number of hydrogen-bond acceptors (Lipinski definition) is 17. The number of nitrogens with one attached hydrogen (secondary N) is 4. The van der Waals surface area contributed by atoms with Gasteiger partial charge in [0, 0.05) is 22.1 Å². The average molecular weight is 1560 g/mol. The maximum atomic E-state index is 13.2. The van der Waals surface area contributed by atoms with E-state index in [1.807, 2.05) is 26.3 Å². The molecule has 7 aromatic rings. The Morgan fingerprint density at radius 2 is 0.809 bits per heavy atom. The van der Waals surface area contributed by atoms with Gasteiger partial charge in [0.25, 0.3) is 15.0 Å². The zero-order chi connectivity index (χ0) is 72.3. The van der Waals surface area contributed by atoms with Crippen molar-refractivity contribution in [3.63, 3.8) is 0 Å². The van der Waals surface area contributed by atoms with E-state index in [2.05, 4.69) is 4.72 Å². The number of halogens is 12. The first-order valence-electron chi connectivity index (χ1n) is 24.1. The number of sulfonamides is 4.